The average Bonchev–Trinajstić information content (AvgIpc) is 2.03. The van der Waals surface area contributed by atoms with Crippen LogP contribution in [-0.4, -0.2) is 25.0 Å². The lowest BCUT2D eigenvalue weighted by atomic mass is 9.71. The van der Waals surface area contributed by atoms with Crippen LogP contribution in [0.1, 0.15) is 46.5 Å². The topological polar surface area (TPSA) is 3.24 Å². The van der Waals surface area contributed by atoms with Gasteiger partial charge in [-0.2, -0.15) is 0 Å². The van der Waals surface area contributed by atoms with E-state index in [-0.39, 0.29) is 0 Å². The van der Waals surface area contributed by atoms with Crippen molar-refractivity contribution in [1.29, 1.82) is 0 Å². The Balaban J connectivity index is 2.39. The summed E-state index contributed by atoms with van der Waals surface area (Å²) in [4.78, 5) is 2.39. The molecule has 1 fully saturated rings. The quantitative estimate of drug-likeness (QED) is 0.603. The number of nitrogens with zero attached hydrogens (tertiary/aromatic N) is 1. The Morgan fingerprint density at radius 1 is 0.923 bits per heavy atom. The second-order valence-electron chi connectivity index (χ2n) is 5.84. The highest BCUT2D eigenvalue weighted by Crippen LogP contribution is 2.38. The molecule has 0 aromatic heterocycles. The van der Waals surface area contributed by atoms with Crippen molar-refractivity contribution in [2.24, 2.45) is 11.3 Å². The highest BCUT2D eigenvalue weighted by atomic mass is 15.1. The van der Waals surface area contributed by atoms with Gasteiger partial charge in [0.25, 0.3) is 0 Å². The lowest BCUT2D eigenvalue weighted by Crippen LogP contribution is -2.35. The summed E-state index contributed by atoms with van der Waals surface area (Å²) in [5.41, 5.74) is 0.525. The molecule has 1 nitrogen and oxygen atoms in total. The Labute approximate surface area is 83.5 Å². The largest absolute Gasteiger partial charge is 0.306 e. The molecule has 13 heavy (non-hydrogen) atoms. The highest BCUT2D eigenvalue weighted by Gasteiger charge is 2.29. The van der Waals surface area contributed by atoms with E-state index in [1.807, 2.05) is 0 Å². The van der Waals surface area contributed by atoms with E-state index in [2.05, 4.69) is 39.8 Å². The lowest BCUT2D eigenvalue weighted by molar-refractivity contribution is 0.124. The van der Waals surface area contributed by atoms with Crippen LogP contribution in [0.4, 0.5) is 0 Å². The van der Waals surface area contributed by atoms with Crippen molar-refractivity contribution < 1.29 is 0 Å². The van der Waals surface area contributed by atoms with Gasteiger partial charge in [0, 0.05) is 6.04 Å². The van der Waals surface area contributed by atoms with Crippen LogP contribution >= 0.6 is 0 Å². The van der Waals surface area contributed by atoms with Crippen LogP contribution in [0.15, 0.2) is 0 Å². The first-order chi connectivity index (χ1) is 5.91. The van der Waals surface area contributed by atoms with Crippen molar-refractivity contribution in [3.05, 3.63) is 0 Å². The second kappa shape index (κ2) is 4.00. The third kappa shape index (κ3) is 2.98. The summed E-state index contributed by atoms with van der Waals surface area (Å²) in [6.45, 7) is 7.15. The molecular weight excluding hydrogens is 158 g/mol. The van der Waals surface area contributed by atoms with Crippen LogP contribution in [-0.2, 0) is 0 Å². The zero-order valence-corrected chi connectivity index (χ0v) is 9.93. The molecule has 1 saturated carbocycles. The zero-order valence-electron chi connectivity index (χ0n) is 9.93. The van der Waals surface area contributed by atoms with Gasteiger partial charge in [-0.05, 0) is 51.1 Å². The fourth-order valence-electron chi connectivity index (χ4n) is 2.46. The predicted octanol–water partition coefficient (Wildman–Crippen LogP) is 3.15. The Morgan fingerprint density at radius 3 is 1.69 bits per heavy atom. The van der Waals surface area contributed by atoms with Crippen LogP contribution in [0.25, 0.3) is 0 Å². The van der Waals surface area contributed by atoms with Gasteiger partial charge in [0.05, 0.1) is 0 Å². The van der Waals surface area contributed by atoms with E-state index in [1.165, 1.54) is 25.7 Å². The first kappa shape index (κ1) is 11.0. The van der Waals surface area contributed by atoms with Crippen LogP contribution in [0.5, 0.6) is 0 Å². The number of rotatable bonds is 1. The summed E-state index contributed by atoms with van der Waals surface area (Å²) in [5, 5.41) is 0. The minimum atomic E-state index is 0.525. The van der Waals surface area contributed by atoms with Gasteiger partial charge in [0.1, 0.15) is 0 Å². The van der Waals surface area contributed by atoms with Crippen molar-refractivity contribution in [2.45, 2.75) is 52.5 Å². The van der Waals surface area contributed by atoms with E-state index in [1.54, 1.807) is 0 Å². The third-order valence-electron chi connectivity index (χ3n) is 3.65. The molecule has 1 aliphatic carbocycles. The molecule has 0 N–H and O–H groups in total. The molecule has 0 unspecified atom stereocenters. The van der Waals surface area contributed by atoms with Crippen molar-refractivity contribution in [3.8, 4) is 0 Å². The van der Waals surface area contributed by atoms with Gasteiger partial charge >= 0.3 is 0 Å². The van der Waals surface area contributed by atoms with E-state index >= 15 is 0 Å². The summed E-state index contributed by atoms with van der Waals surface area (Å²) < 4.78 is 0. The molecule has 0 radical (unpaired) electrons. The molecule has 0 saturated heterocycles. The Hall–Kier alpha value is -0.0400. The van der Waals surface area contributed by atoms with Crippen molar-refractivity contribution in [2.75, 3.05) is 14.1 Å². The van der Waals surface area contributed by atoms with Gasteiger partial charge in [0.15, 0.2) is 0 Å². The Kier molecular flexibility index (Phi) is 3.39. The van der Waals surface area contributed by atoms with E-state index in [0.29, 0.717) is 5.41 Å². The molecule has 0 amide bonds. The fraction of sp³-hybridized carbons (Fsp3) is 1.00. The van der Waals surface area contributed by atoms with E-state index in [4.69, 9.17) is 0 Å². The van der Waals surface area contributed by atoms with Gasteiger partial charge in [-0.25, -0.2) is 0 Å². The lowest BCUT2D eigenvalue weighted by Gasteiger charge is -2.39. The fourth-order valence-corrected chi connectivity index (χ4v) is 2.46. The van der Waals surface area contributed by atoms with Gasteiger partial charge in [-0.1, -0.05) is 20.8 Å². The molecule has 0 aromatic carbocycles. The maximum absolute atomic E-state index is 2.39. The molecule has 0 atom stereocenters. The standard InChI is InChI=1S/C12H25N/c1-12(2,3)10-6-8-11(9-7-10)13(4)5/h10-11H,6-9H2,1-5H3/t10-,11-. The molecule has 78 valence electrons. The van der Waals surface area contributed by atoms with Crippen LogP contribution < -0.4 is 0 Å². The molecule has 0 aliphatic heterocycles. The number of hydrogen-bond acceptors (Lipinski definition) is 1. The van der Waals surface area contributed by atoms with Gasteiger partial charge < -0.3 is 4.90 Å². The van der Waals surface area contributed by atoms with Crippen molar-refractivity contribution in [1.82, 2.24) is 4.90 Å². The van der Waals surface area contributed by atoms with Crippen molar-refractivity contribution in [3.63, 3.8) is 0 Å². The van der Waals surface area contributed by atoms with Gasteiger partial charge in [-0.3, -0.25) is 0 Å². The molecule has 0 aromatic rings. The second-order valence-corrected chi connectivity index (χ2v) is 5.84. The van der Waals surface area contributed by atoms with Crippen LogP contribution in [0, 0.1) is 11.3 Å². The van der Waals surface area contributed by atoms with Gasteiger partial charge in [0.2, 0.25) is 0 Å². The Bertz CT molecular complexity index is 147. The maximum Gasteiger partial charge on any atom is 0.00893 e. The molecular formula is C12H25N. The summed E-state index contributed by atoms with van der Waals surface area (Å²) >= 11 is 0. The highest BCUT2D eigenvalue weighted by molar-refractivity contribution is 4.82. The van der Waals surface area contributed by atoms with E-state index in [9.17, 15) is 0 Å². The first-order valence-electron chi connectivity index (χ1n) is 5.57. The smallest absolute Gasteiger partial charge is 0.00893 e. The summed E-state index contributed by atoms with van der Waals surface area (Å²) in [6.07, 6.45) is 5.64. The molecule has 0 bridgehead atoms. The summed E-state index contributed by atoms with van der Waals surface area (Å²) in [6, 6.07) is 0.846. The summed E-state index contributed by atoms with van der Waals surface area (Å²) in [5.74, 6) is 0.948. The molecule has 1 rings (SSSR count). The van der Waals surface area contributed by atoms with Crippen LogP contribution in [0.3, 0.4) is 0 Å². The minimum Gasteiger partial charge on any atom is -0.306 e. The zero-order chi connectivity index (χ0) is 10.1. The normalized spacial score (nSPS) is 30.9. The summed E-state index contributed by atoms with van der Waals surface area (Å²) in [7, 11) is 4.42. The van der Waals surface area contributed by atoms with E-state index in [0.717, 1.165) is 12.0 Å². The number of hydrogen-bond donors (Lipinski definition) is 0. The molecule has 0 heterocycles. The molecule has 1 aliphatic rings. The third-order valence-corrected chi connectivity index (χ3v) is 3.65. The maximum atomic E-state index is 2.39. The first-order valence-corrected chi connectivity index (χ1v) is 5.57. The van der Waals surface area contributed by atoms with E-state index < -0.39 is 0 Å². The average molecular weight is 183 g/mol. The molecule has 0 spiro atoms. The molecule has 1 heteroatoms. The van der Waals surface area contributed by atoms with Crippen molar-refractivity contribution >= 4 is 0 Å². The Morgan fingerprint density at radius 2 is 1.38 bits per heavy atom. The van der Waals surface area contributed by atoms with Gasteiger partial charge in [-0.15, -0.1) is 0 Å². The minimum absolute atomic E-state index is 0.525. The predicted molar refractivity (Wildman–Crippen MR) is 58.9 cm³/mol. The SMILES string of the molecule is CN(C)[C@H]1CC[C@H](C(C)(C)C)CC1. The monoisotopic (exact) mass is 183 g/mol. The van der Waals surface area contributed by atoms with Crippen LogP contribution in [0.2, 0.25) is 0 Å².